The summed E-state index contributed by atoms with van der Waals surface area (Å²) >= 11 is 1.51. The summed E-state index contributed by atoms with van der Waals surface area (Å²) in [6.45, 7) is 0.471. The van der Waals surface area contributed by atoms with Crippen LogP contribution in [0.25, 0.3) is 11.3 Å². The van der Waals surface area contributed by atoms with Gasteiger partial charge in [0.25, 0.3) is 0 Å². The molecule has 25 heavy (non-hydrogen) atoms. The van der Waals surface area contributed by atoms with E-state index in [2.05, 4.69) is 9.98 Å². The zero-order valence-electron chi connectivity index (χ0n) is 13.8. The van der Waals surface area contributed by atoms with Gasteiger partial charge in [-0.15, -0.1) is 11.3 Å². The summed E-state index contributed by atoms with van der Waals surface area (Å²) < 4.78 is 30.6. The van der Waals surface area contributed by atoms with E-state index in [1.54, 1.807) is 36.7 Å². The van der Waals surface area contributed by atoms with Crippen molar-refractivity contribution in [2.75, 3.05) is 14.1 Å². The quantitative estimate of drug-likeness (QED) is 0.620. The summed E-state index contributed by atoms with van der Waals surface area (Å²) in [6, 6.07) is 10.4. The van der Waals surface area contributed by atoms with E-state index in [4.69, 9.17) is 4.42 Å². The Labute approximate surface area is 150 Å². The van der Waals surface area contributed by atoms with Crippen LogP contribution in [-0.2, 0) is 16.6 Å². The number of furan rings is 1. The van der Waals surface area contributed by atoms with Gasteiger partial charge in [-0.05, 0) is 24.3 Å². The van der Waals surface area contributed by atoms with Crippen LogP contribution in [-0.4, -0.2) is 38.0 Å². The van der Waals surface area contributed by atoms with Crippen LogP contribution < -0.4 is 0 Å². The van der Waals surface area contributed by atoms with Gasteiger partial charge >= 0.3 is 0 Å². The first-order valence-corrected chi connectivity index (χ1v) is 9.79. The average Bonchev–Trinajstić information content (AvgIpc) is 3.27. The topological polar surface area (TPSA) is 75.8 Å². The summed E-state index contributed by atoms with van der Waals surface area (Å²) in [5.41, 5.74) is 1.68. The minimum Gasteiger partial charge on any atom is -0.463 e. The highest BCUT2D eigenvalue weighted by Crippen LogP contribution is 2.24. The lowest BCUT2D eigenvalue weighted by molar-refractivity contribution is 0.521. The van der Waals surface area contributed by atoms with Gasteiger partial charge in [-0.25, -0.2) is 17.7 Å². The van der Waals surface area contributed by atoms with E-state index in [9.17, 15) is 8.42 Å². The first kappa shape index (κ1) is 17.5. The normalized spacial score (nSPS) is 12.3. The molecule has 1 aromatic carbocycles. The third-order valence-electron chi connectivity index (χ3n) is 3.47. The molecule has 130 valence electrons. The van der Waals surface area contributed by atoms with Crippen molar-refractivity contribution in [2.24, 2.45) is 4.99 Å². The third-order valence-corrected chi connectivity index (χ3v) is 6.13. The monoisotopic (exact) mass is 375 g/mol. The Bertz CT molecular complexity index is 957. The number of thiazole rings is 1. The van der Waals surface area contributed by atoms with Gasteiger partial charge in [-0.3, -0.25) is 4.99 Å². The molecule has 6 nitrogen and oxygen atoms in total. The van der Waals surface area contributed by atoms with Crippen molar-refractivity contribution in [3.05, 3.63) is 58.8 Å². The summed E-state index contributed by atoms with van der Waals surface area (Å²) in [7, 11) is -0.390. The van der Waals surface area contributed by atoms with Crippen molar-refractivity contribution in [1.29, 1.82) is 0 Å². The number of hydrogen-bond donors (Lipinski definition) is 0. The molecule has 0 aliphatic heterocycles. The maximum absolute atomic E-state index is 12.1. The van der Waals surface area contributed by atoms with Gasteiger partial charge < -0.3 is 4.42 Å². The van der Waals surface area contributed by atoms with E-state index in [0.29, 0.717) is 12.3 Å². The Hall–Kier alpha value is -2.29. The summed E-state index contributed by atoms with van der Waals surface area (Å²) in [6.07, 6.45) is 3.27. The Balaban J connectivity index is 1.72. The molecule has 0 saturated heterocycles. The molecule has 3 rings (SSSR count). The number of hydrogen-bond acceptors (Lipinski definition) is 6. The smallest absolute Gasteiger partial charge is 0.242 e. The zero-order valence-corrected chi connectivity index (χ0v) is 15.4. The molecule has 3 aromatic rings. The Morgan fingerprint density at radius 1 is 1.24 bits per heavy atom. The molecule has 0 N–H and O–H groups in total. The second-order valence-electron chi connectivity index (χ2n) is 5.42. The molecular weight excluding hydrogens is 358 g/mol. The van der Waals surface area contributed by atoms with E-state index in [1.807, 2.05) is 17.5 Å². The fourth-order valence-electron chi connectivity index (χ4n) is 2.10. The number of aromatic nitrogens is 1. The van der Waals surface area contributed by atoms with Crippen molar-refractivity contribution in [1.82, 2.24) is 9.29 Å². The molecule has 0 aliphatic rings. The lowest BCUT2D eigenvalue weighted by Gasteiger charge is -2.11. The second kappa shape index (κ2) is 7.30. The van der Waals surface area contributed by atoms with Crippen LogP contribution in [0.4, 0.5) is 0 Å². The van der Waals surface area contributed by atoms with Crippen molar-refractivity contribution >= 4 is 27.6 Å². The van der Waals surface area contributed by atoms with Gasteiger partial charge in [-0.2, -0.15) is 0 Å². The van der Waals surface area contributed by atoms with Crippen LogP contribution >= 0.6 is 11.3 Å². The molecule has 0 aliphatic carbocycles. The second-order valence-corrected chi connectivity index (χ2v) is 8.52. The van der Waals surface area contributed by atoms with Crippen LogP contribution in [0.2, 0.25) is 0 Å². The fourth-order valence-corrected chi connectivity index (χ4v) is 3.74. The minimum atomic E-state index is -3.42. The van der Waals surface area contributed by atoms with Crippen molar-refractivity contribution in [3.8, 4) is 11.3 Å². The van der Waals surface area contributed by atoms with Gasteiger partial charge in [0.2, 0.25) is 10.0 Å². The Morgan fingerprint density at radius 3 is 2.64 bits per heavy atom. The largest absolute Gasteiger partial charge is 0.463 e. The maximum atomic E-state index is 12.1. The minimum absolute atomic E-state index is 0.264. The standard InChI is InChI=1S/C17H17N3O3S2/c1-20(2)25(21,22)15-7-5-13(6-8-15)16-12-24-17(19-16)11-18-10-14-4-3-9-23-14/h3-10,12H,11H2,1-2H3. The van der Waals surface area contributed by atoms with Crippen LogP contribution in [0.3, 0.4) is 0 Å². The summed E-state index contributed by atoms with van der Waals surface area (Å²) in [4.78, 5) is 9.11. The van der Waals surface area contributed by atoms with E-state index >= 15 is 0 Å². The molecule has 0 amide bonds. The van der Waals surface area contributed by atoms with E-state index < -0.39 is 10.0 Å². The Morgan fingerprint density at radius 2 is 2.00 bits per heavy atom. The van der Waals surface area contributed by atoms with Crippen molar-refractivity contribution in [2.45, 2.75) is 11.4 Å². The molecule has 8 heteroatoms. The predicted octanol–water partition coefficient (Wildman–Crippen LogP) is 3.27. The number of sulfonamides is 1. The summed E-state index contributed by atoms with van der Waals surface area (Å²) in [5.74, 6) is 0.703. The molecule has 0 atom stereocenters. The molecule has 0 bridgehead atoms. The van der Waals surface area contributed by atoms with E-state index in [1.165, 1.54) is 29.7 Å². The molecule has 0 fully saturated rings. The van der Waals surface area contributed by atoms with Gasteiger partial charge in [0.05, 0.1) is 29.6 Å². The molecular formula is C17H17N3O3S2. The van der Waals surface area contributed by atoms with E-state index in [0.717, 1.165) is 16.3 Å². The van der Waals surface area contributed by atoms with Crippen LogP contribution in [0.1, 0.15) is 10.8 Å². The van der Waals surface area contributed by atoms with Gasteiger partial charge in [0.15, 0.2) is 0 Å². The first-order valence-electron chi connectivity index (χ1n) is 7.47. The summed E-state index contributed by atoms with van der Waals surface area (Å²) in [5, 5.41) is 2.82. The van der Waals surface area contributed by atoms with Crippen LogP contribution in [0.5, 0.6) is 0 Å². The molecule has 0 saturated carbocycles. The molecule has 0 radical (unpaired) electrons. The number of nitrogens with zero attached hydrogens (tertiary/aromatic N) is 3. The first-order chi connectivity index (χ1) is 12.0. The van der Waals surface area contributed by atoms with Gasteiger partial charge in [0.1, 0.15) is 10.8 Å². The average molecular weight is 375 g/mol. The predicted molar refractivity (Wildman–Crippen MR) is 98.4 cm³/mol. The van der Waals surface area contributed by atoms with Crippen molar-refractivity contribution < 1.29 is 12.8 Å². The highest BCUT2D eigenvalue weighted by atomic mass is 32.2. The van der Waals surface area contributed by atoms with Crippen LogP contribution in [0, 0.1) is 0 Å². The Kier molecular flexibility index (Phi) is 5.12. The highest BCUT2D eigenvalue weighted by molar-refractivity contribution is 7.89. The zero-order chi connectivity index (χ0) is 17.9. The fraction of sp³-hybridized carbons (Fsp3) is 0.176. The number of aliphatic imine (C=N–C) groups is 1. The van der Waals surface area contributed by atoms with Gasteiger partial charge in [0, 0.05) is 25.0 Å². The third kappa shape index (κ3) is 4.04. The molecule has 2 heterocycles. The molecule has 2 aromatic heterocycles. The SMILES string of the molecule is CN(C)S(=O)(=O)c1ccc(-c2csc(CN=Cc3ccco3)n2)cc1. The lowest BCUT2D eigenvalue weighted by atomic mass is 10.2. The maximum Gasteiger partial charge on any atom is 0.242 e. The number of benzene rings is 1. The molecule has 0 spiro atoms. The highest BCUT2D eigenvalue weighted by Gasteiger charge is 2.17. The van der Waals surface area contributed by atoms with Crippen molar-refractivity contribution in [3.63, 3.8) is 0 Å². The molecule has 0 unspecified atom stereocenters. The van der Waals surface area contributed by atoms with Gasteiger partial charge in [-0.1, -0.05) is 12.1 Å². The lowest BCUT2D eigenvalue weighted by Crippen LogP contribution is -2.22. The van der Waals surface area contributed by atoms with E-state index in [-0.39, 0.29) is 4.90 Å². The van der Waals surface area contributed by atoms with Crippen LogP contribution in [0.15, 0.2) is 62.3 Å². The number of rotatable bonds is 6.